The number of carbonyl (C=O) groups is 2. The summed E-state index contributed by atoms with van der Waals surface area (Å²) in [5.41, 5.74) is 3.54. The van der Waals surface area contributed by atoms with Crippen LogP contribution in [-0.4, -0.2) is 41.0 Å². The lowest BCUT2D eigenvalue weighted by molar-refractivity contribution is 0.0522. The fraction of sp³-hybridized carbons (Fsp3) is 0.333. The van der Waals surface area contributed by atoms with Crippen molar-refractivity contribution < 1.29 is 19.1 Å². The summed E-state index contributed by atoms with van der Waals surface area (Å²) in [5, 5.41) is 3.83. The number of para-hydroxylation sites is 1. The molecule has 1 N–H and O–H groups in total. The van der Waals surface area contributed by atoms with E-state index < -0.39 is 23.4 Å². The van der Waals surface area contributed by atoms with Crippen LogP contribution in [0.5, 0.6) is 0 Å². The highest BCUT2D eigenvalue weighted by molar-refractivity contribution is 9.10. The van der Waals surface area contributed by atoms with Gasteiger partial charge in [0, 0.05) is 38.3 Å². The molecule has 0 aliphatic carbocycles. The smallest absolute Gasteiger partial charge is 0.419 e. The van der Waals surface area contributed by atoms with E-state index in [1.165, 1.54) is 0 Å². The van der Waals surface area contributed by atoms with Gasteiger partial charge in [-0.15, -0.1) is 0 Å². The van der Waals surface area contributed by atoms with E-state index in [0.29, 0.717) is 13.1 Å². The number of nitrogens with one attached hydrogen (secondary N) is 1. The van der Waals surface area contributed by atoms with Gasteiger partial charge in [0.05, 0.1) is 22.6 Å². The first-order chi connectivity index (χ1) is 19.8. The predicted molar refractivity (Wildman–Crippen MR) is 173 cm³/mol. The largest absolute Gasteiger partial charge is 0.444 e. The van der Waals surface area contributed by atoms with E-state index in [1.807, 2.05) is 77.9 Å². The molecule has 1 amide bonds. The summed E-state index contributed by atoms with van der Waals surface area (Å²) < 4.78 is 13.9. The van der Waals surface area contributed by atoms with Gasteiger partial charge in [0.2, 0.25) is 0 Å². The van der Waals surface area contributed by atoms with Crippen molar-refractivity contribution in [2.45, 2.75) is 69.0 Å². The Morgan fingerprint density at radius 2 is 1.52 bits per heavy atom. The molecule has 5 rings (SSSR count). The summed E-state index contributed by atoms with van der Waals surface area (Å²) in [4.78, 5) is 30.1. The second kappa shape index (κ2) is 11.7. The third-order valence-electron chi connectivity index (χ3n) is 6.49. The van der Waals surface area contributed by atoms with Gasteiger partial charge in [-0.1, -0.05) is 52.0 Å². The van der Waals surface area contributed by atoms with Crippen LogP contribution in [0.15, 0.2) is 81.0 Å². The summed E-state index contributed by atoms with van der Waals surface area (Å²) >= 11 is 5.33. The minimum atomic E-state index is -0.624. The third-order valence-corrected chi connectivity index (χ3v) is 8.08. The molecule has 1 aliphatic heterocycles. The molecule has 42 heavy (non-hydrogen) atoms. The van der Waals surface area contributed by atoms with Crippen molar-refractivity contribution in [3.8, 4) is 11.3 Å². The number of alkyl carbamates (subject to hydrolysis) is 1. The van der Waals surface area contributed by atoms with Crippen LogP contribution in [0.25, 0.3) is 22.2 Å². The van der Waals surface area contributed by atoms with Crippen molar-refractivity contribution in [2.24, 2.45) is 0 Å². The summed E-state index contributed by atoms with van der Waals surface area (Å²) in [6, 6.07) is 22.5. The van der Waals surface area contributed by atoms with Gasteiger partial charge in [0.25, 0.3) is 0 Å². The number of hydrogen-bond acceptors (Lipinski definition) is 6. The van der Waals surface area contributed by atoms with Gasteiger partial charge in [0.1, 0.15) is 11.2 Å². The van der Waals surface area contributed by atoms with Crippen molar-refractivity contribution in [2.75, 3.05) is 18.0 Å². The lowest BCUT2D eigenvalue weighted by Crippen LogP contribution is -2.34. The zero-order chi connectivity index (χ0) is 30.2. The summed E-state index contributed by atoms with van der Waals surface area (Å²) in [6.45, 7) is 12.4. The molecule has 0 unspecified atom stereocenters. The number of nitrogens with zero attached hydrogens (tertiary/aromatic N) is 2. The van der Waals surface area contributed by atoms with Crippen LogP contribution in [-0.2, 0) is 9.47 Å². The number of ether oxygens (including phenoxy) is 2. The lowest BCUT2D eigenvalue weighted by Gasteiger charge is -2.33. The SMILES string of the molecule is CC(C)(C)OC(=O)NCCCN1c2ccc(Br)cc2Sc2cc(-c3cc4ccccc4n3C(=O)OC(C)(C)C)ccc21. The normalized spacial score (nSPS) is 13.0. The first kappa shape index (κ1) is 30.0. The molecule has 1 aliphatic rings. The monoisotopic (exact) mass is 649 g/mol. The van der Waals surface area contributed by atoms with Crippen molar-refractivity contribution in [1.82, 2.24) is 9.88 Å². The molecule has 0 atom stereocenters. The molecule has 3 aromatic carbocycles. The number of carbonyl (C=O) groups excluding carboxylic acids is 2. The van der Waals surface area contributed by atoms with Crippen molar-refractivity contribution >= 4 is 62.2 Å². The number of halogens is 1. The molecule has 2 heterocycles. The number of fused-ring (bicyclic) bond motifs is 3. The van der Waals surface area contributed by atoms with Crippen LogP contribution in [0.1, 0.15) is 48.0 Å². The maximum Gasteiger partial charge on any atom is 0.419 e. The van der Waals surface area contributed by atoms with Gasteiger partial charge in [0.15, 0.2) is 0 Å². The molecule has 0 bridgehead atoms. The Morgan fingerprint density at radius 1 is 0.857 bits per heavy atom. The van der Waals surface area contributed by atoms with Crippen LogP contribution in [0, 0.1) is 0 Å². The Labute approximate surface area is 259 Å². The Hall–Kier alpha value is -3.43. The van der Waals surface area contributed by atoms with E-state index in [2.05, 4.69) is 56.5 Å². The molecule has 0 fully saturated rings. The van der Waals surface area contributed by atoms with Gasteiger partial charge < -0.3 is 19.7 Å². The summed E-state index contributed by atoms with van der Waals surface area (Å²) in [6.07, 6.45) is -0.0862. The number of anilines is 2. The van der Waals surface area contributed by atoms with Crippen LogP contribution < -0.4 is 10.2 Å². The van der Waals surface area contributed by atoms with Crippen LogP contribution in [0.2, 0.25) is 0 Å². The average Bonchev–Trinajstić information content (AvgIpc) is 3.28. The Bertz CT molecular complexity index is 1650. The van der Waals surface area contributed by atoms with Gasteiger partial charge in [-0.3, -0.25) is 0 Å². The van der Waals surface area contributed by atoms with Gasteiger partial charge >= 0.3 is 12.2 Å². The van der Waals surface area contributed by atoms with Crippen LogP contribution in [0.3, 0.4) is 0 Å². The average molecular weight is 651 g/mol. The minimum Gasteiger partial charge on any atom is -0.444 e. The fourth-order valence-corrected chi connectivity index (χ4v) is 6.56. The van der Waals surface area contributed by atoms with Gasteiger partial charge in [-0.2, -0.15) is 0 Å². The lowest BCUT2D eigenvalue weighted by atomic mass is 10.1. The maximum absolute atomic E-state index is 13.4. The predicted octanol–water partition coefficient (Wildman–Crippen LogP) is 9.37. The Morgan fingerprint density at radius 3 is 2.24 bits per heavy atom. The second-order valence-corrected chi connectivity index (χ2v) is 14.2. The van der Waals surface area contributed by atoms with Gasteiger partial charge in [-0.05, 0) is 90.4 Å². The van der Waals surface area contributed by atoms with Gasteiger partial charge in [-0.25, -0.2) is 14.2 Å². The molecule has 1 aromatic heterocycles. The topological polar surface area (TPSA) is 72.8 Å². The number of rotatable bonds is 5. The minimum absolute atomic E-state index is 0.405. The van der Waals surface area contributed by atoms with Crippen molar-refractivity contribution in [3.63, 3.8) is 0 Å². The highest BCUT2D eigenvalue weighted by Gasteiger charge is 2.27. The molecule has 7 nitrogen and oxygen atoms in total. The van der Waals surface area contributed by atoms with Crippen LogP contribution >= 0.6 is 27.7 Å². The highest BCUT2D eigenvalue weighted by atomic mass is 79.9. The van der Waals surface area contributed by atoms with E-state index in [9.17, 15) is 9.59 Å². The molecule has 220 valence electrons. The fourth-order valence-electron chi connectivity index (χ4n) is 4.87. The Balaban J connectivity index is 1.47. The Kier molecular flexibility index (Phi) is 8.36. The number of amides is 1. The molecule has 0 radical (unpaired) electrons. The number of aromatic nitrogens is 1. The van der Waals surface area contributed by atoms with Crippen molar-refractivity contribution in [1.29, 1.82) is 0 Å². The highest BCUT2D eigenvalue weighted by Crippen LogP contribution is 2.50. The zero-order valence-electron chi connectivity index (χ0n) is 24.8. The first-order valence-electron chi connectivity index (χ1n) is 14.0. The second-order valence-electron chi connectivity index (χ2n) is 12.2. The van der Waals surface area contributed by atoms with E-state index in [0.717, 1.165) is 54.2 Å². The van der Waals surface area contributed by atoms with Crippen molar-refractivity contribution in [3.05, 3.63) is 71.2 Å². The number of hydrogen-bond donors (Lipinski definition) is 1. The molecule has 0 saturated carbocycles. The maximum atomic E-state index is 13.4. The zero-order valence-corrected chi connectivity index (χ0v) is 27.2. The van der Waals surface area contributed by atoms with E-state index in [-0.39, 0.29) is 0 Å². The van der Waals surface area contributed by atoms with E-state index in [4.69, 9.17) is 9.47 Å². The first-order valence-corrected chi connectivity index (χ1v) is 15.6. The molecule has 0 saturated heterocycles. The standard InChI is InChI=1S/C33H36BrN3O4S/c1-32(2,3)40-30(38)35-16-9-17-36-25-14-12-22(19-28(25)42-29-20-23(34)13-15-26(29)36)27-18-21-10-7-8-11-24(21)37(27)31(39)41-33(4,5)6/h7-8,10-15,18-20H,9,16-17H2,1-6H3,(H,35,38). The molecule has 4 aromatic rings. The van der Waals surface area contributed by atoms with E-state index >= 15 is 0 Å². The summed E-state index contributed by atoms with van der Waals surface area (Å²) in [7, 11) is 0. The third kappa shape index (κ3) is 6.79. The summed E-state index contributed by atoms with van der Waals surface area (Å²) in [5.74, 6) is 0. The molecular weight excluding hydrogens is 614 g/mol. The quantitative estimate of drug-likeness (QED) is 0.217. The molecule has 9 heteroatoms. The van der Waals surface area contributed by atoms with Crippen LogP contribution in [0.4, 0.5) is 21.0 Å². The van der Waals surface area contributed by atoms with E-state index in [1.54, 1.807) is 16.3 Å². The molecule has 0 spiro atoms. The number of benzene rings is 3. The molecular formula is C33H36BrN3O4S.